The monoisotopic (exact) mass is 284 g/mol. The van der Waals surface area contributed by atoms with E-state index < -0.39 is 0 Å². The van der Waals surface area contributed by atoms with Crippen molar-refractivity contribution in [3.63, 3.8) is 0 Å². The third-order valence-corrected chi connectivity index (χ3v) is 4.52. The van der Waals surface area contributed by atoms with Crippen LogP contribution in [0.5, 0.6) is 0 Å². The van der Waals surface area contributed by atoms with Crippen molar-refractivity contribution < 1.29 is 0 Å². The summed E-state index contributed by atoms with van der Waals surface area (Å²) >= 11 is 0. The number of nitriles is 1. The van der Waals surface area contributed by atoms with Crippen molar-refractivity contribution in [1.82, 2.24) is 4.98 Å². The average molecular weight is 284 g/mol. The molecule has 0 fully saturated rings. The zero-order valence-corrected chi connectivity index (χ0v) is 12.3. The van der Waals surface area contributed by atoms with Crippen LogP contribution in [0.4, 0.5) is 0 Å². The molecule has 0 unspecified atom stereocenters. The number of hydrogen-bond donors (Lipinski definition) is 0. The van der Waals surface area contributed by atoms with E-state index in [0.29, 0.717) is 5.56 Å². The average Bonchev–Trinajstić information content (AvgIpc) is 2.60. The summed E-state index contributed by atoms with van der Waals surface area (Å²) in [5, 5.41) is 9.99. The molecular weight excluding hydrogens is 268 g/mol. The summed E-state index contributed by atoms with van der Waals surface area (Å²) < 4.78 is 0. The van der Waals surface area contributed by atoms with E-state index in [4.69, 9.17) is 5.26 Å². The van der Waals surface area contributed by atoms with Gasteiger partial charge < -0.3 is 0 Å². The van der Waals surface area contributed by atoms with Gasteiger partial charge in [-0.1, -0.05) is 30.3 Å². The Bertz CT molecular complexity index is 903. The molecule has 1 aliphatic carbocycles. The quantitative estimate of drug-likeness (QED) is 0.652. The molecular formula is C20H16N2. The van der Waals surface area contributed by atoms with E-state index in [0.717, 1.165) is 10.9 Å². The summed E-state index contributed by atoms with van der Waals surface area (Å²) in [5.74, 6) is 0. The van der Waals surface area contributed by atoms with Gasteiger partial charge in [-0.2, -0.15) is 5.26 Å². The van der Waals surface area contributed by atoms with Crippen molar-refractivity contribution in [3.8, 4) is 17.2 Å². The van der Waals surface area contributed by atoms with E-state index in [-0.39, 0.29) is 0 Å². The lowest BCUT2D eigenvalue weighted by Gasteiger charge is -2.19. The van der Waals surface area contributed by atoms with E-state index in [2.05, 4.69) is 47.5 Å². The Morgan fingerprint density at radius 3 is 2.82 bits per heavy atom. The molecule has 1 aliphatic rings. The Morgan fingerprint density at radius 1 is 1.00 bits per heavy atom. The smallest absolute Gasteiger partial charge is 0.101 e. The molecule has 2 aromatic carbocycles. The van der Waals surface area contributed by atoms with Crippen LogP contribution in [-0.4, -0.2) is 4.98 Å². The summed E-state index contributed by atoms with van der Waals surface area (Å²) in [4.78, 5) is 4.43. The number of fused-ring (bicyclic) bond motifs is 2. The number of pyridine rings is 1. The molecule has 0 saturated heterocycles. The van der Waals surface area contributed by atoms with Crippen LogP contribution in [0.3, 0.4) is 0 Å². The number of nitrogens with zero attached hydrogens (tertiary/aromatic N) is 2. The van der Waals surface area contributed by atoms with Crippen LogP contribution < -0.4 is 0 Å². The summed E-state index contributed by atoms with van der Waals surface area (Å²) in [7, 11) is 0. The summed E-state index contributed by atoms with van der Waals surface area (Å²) in [6.07, 6.45) is 6.59. The van der Waals surface area contributed by atoms with Gasteiger partial charge in [0.05, 0.1) is 11.1 Å². The summed E-state index contributed by atoms with van der Waals surface area (Å²) in [5.41, 5.74) is 7.12. The molecule has 0 saturated carbocycles. The summed E-state index contributed by atoms with van der Waals surface area (Å²) in [6.45, 7) is 0. The highest BCUT2D eigenvalue weighted by molar-refractivity contribution is 5.85. The minimum Gasteiger partial charge on any atom is -0.255 e. The van der Waals surface area contributed by atoms with Crippen LogP contribution in [0.15, 0.2) is 48.7 Å². The van der Waals surface area contributed by atoms with Gasteiger partial charge in [0.2, 0.25) is 0 Å². The molecule has 0 bridgehead atoms. The molecule has 2 nitrogen and oxygen atoms in total. The van der Waals surface area contributed by atoms with Crippen molar-refractivity contribution in [2.45, 2.75) is 25.7 Å². The zero-order chi connectivity index (χ0) is 14.9. The number of rotatable bonds is 1. The Balaban J connectivity index is 1.87. The van der Waals surface area contributed by atoms with Crippen LogP contribution >= 0.6 is 0 Å². The van der Waals surface area contributed by atoms with Gasteiger partial charge in [-0.3, -0.25) is 4.98 Å². The van der Waals surface area contributed by atoms with Crippen LogP contribution in [0.25, 0.3) is 22.0 Å². The number of aromatic nitrogens is 1. The second-order valence-electron chi connectivity index (χ2n) is 5.89. The van der Waals surface area contributed by atoms with Gasteiger partial charge in [0, 0.05) is 11.6 Å². The number of aryl methyl sites for hydroxylation is 1. The molecule has 2 heteroatoms. The fourth-order valence-electron chi connectivity index (χ4n) is 3.40. The first kappa shape index (κ1) is 13.0. The van der Waals surface area contributed by atoms with Gasteiger partial charge in [0.1, 0.15) is 6.07 Å². The van der Waals surface area contributed by atoms with Crippen LogP contribution in [-0.2, 0) is 12.8 Å². The fraction of sp³-hybridized carbons (Fsp3) is 0.200. The Kier molecular flexibility index (Phi) is 3.12. The molecule has 106 valence electrons. The second-order valence-corrected chi connectivity index (χ2v) is 5.89. The molecule has 0 radical (unpaired) electrons. The normalized spacial score (nSPS) is 13.6. The van der Waals surface area contributed by atoms with E-state index >= 15 is 0 Å². The van der Waals surface area contributed by atoms with E-state index in [9.17, 15) is 0 Å². The SMILES string of the molecule is N#Cc1cnc2cc(-c3cccc4c3CCCC4)ccc2c1. The van der Waals surface area contributed by atoms with Crippen LogP contribution in [0, 0.1) is 11.3 Å². The lowest BCUT2D eigenvalue weighted by molar-refractivity contribution is 0.687. The molecule has 0 N–H and O–H groups in total. The van der Waals surface area contributed by atoms with Crippen molar-refractivity contribution in [2.75, 3.05) is 0 Å². The van der Waals surface area contributed by atoms with Gasteiger partial charge in [0.15, 0.2) is 0 Å². The minimum atomic E-state index is 0.609. The van der Waals surface area contributed by atoms with E-state index in [1.807, 2.05) is 6.07 Å². The highest BCUT2D eigenvalue weighted by Crippen LogP contribution is 2.32. The Hall–Kier alpha value is -2.66. The predicted octanol–water partition coefficient (Wildman–Crippen LogP) is 4.65. The van der Waals surface area contributed by atoms with Gasteiger partial charge >= 0.3 is 0 Å². The molecule has 4 rings (SSSR count). The van der Waals surface area contributed by atoms with Crippen molar-refractivity contribution in [2.24, 2.45) is 0 Å². The van der Waals surface area contributed by atoms with Crippen LogP contribution in [0.1, 0.15) is 29.5 Å². The Labute approximate surface area is 130 Å². The molecule has 0 aliphatic heterocycles. The molecule has 22 heavy (non-hydrogen) atoms. The maximum absolute atomic E-state index is 8.97. The number of benzene rings is 2. The van der Waals surface area contributed by atoms with Gasteiger partial charge in [-0.05, 0) is 60.1 Å². The molecule has 1 heterocycles. The van der Waals surface area contributed by atoms with E-state index in [1.54, 1.807) is 6.20 Å². The largest absolute Gasteiger partial charge is 0.255 e. The molecule has 1 aromatic heterocycles. The van der Waals surface area contributed by atoms with E-state index in [1.165, 1.54) is 47.9 Å². The first-order chi connectivity index (χ1) is 10.8. The standard InChI is InChI=1S/C20H16N2/c21-12-14-10-17-9-8-16(11-20(17)22-13-14)19-7-3-5-15-4-1-2-6-18(15)19/h3,5,7-11,13H,1-2,4,6H2. The van der Waals surface area contributed by atoms with Crippen molar-refractivity contribution >= 4 is 10.9 Å². The first-order valence-corrected chi connectivity index (χ1v) is 7.76. The van der Waals surface area contributed by atoms with Gasteiger partial charge in [0.25, 0.3) is 0 Å². The summed E-state index contributed by atoms with van der Waals surface area (Å²) in [6, 6.07) is 17.0. The van der Waals surface area contributed by atoms with Crippen molar-refractivity contribution in [1.29, 1.82) is 5.26 Å². The van der Waals surface area contributed by atoms with Crippen molar-refractivity contribution in [3.05, 3.63) is 65.4 Å². The third kappa shape index (κ3) is 2.16. The maximum Gasteiger partial charge on any atom is 0.101 e. The minimum absolute atomic E-state index is 0.609. The second kappa shape index (κ2) is 5.27. The predicted molar refractivity (Wildman–Crippen MR) is 88.5 cm³/mol. The topological polar surface area (TPSA) is 36.7 Å². The third-order valence-electron chi connectivity index (χ3n) is 4.52. The number of hydrogen-bond acceptors (Lipinski definition) is 2. The lowest BCUT2D eigenvalue weighted by Crippen LogP contribution is -2.04. The fourth-order valence-corrected chi connectivity index (χ4v) is 3.40. The van der Waals surface area contributed by atoms with Crippen LogP contribution in [0.2, 0.25) is 0 Å². The van der Waals surface area contributed by atoms with Gasteiger partial charge in [-0.15, -0.1) is 0 Å². The zero-order valence-electron chi connectivity index (χ0n) is 12.3. The molecule has 0 amide bonds. The first-order valence-electron chi connectivity index (χ1n) is 7.76. The molecule has 3 aromatic rings. The molecule has 0 spiro atoms. The maximum atomic E-state index is 8.97. The highest BCUT2D eigenvalue weighted by atomic mass is 14.6. The van der Waals surface area contributed by atoms with Gasteiger partial charge in [-0.25, -0.2) is 0 Å². The Morgan fingerprint density at radius 2 is 1.91 bits per heavy atom. The molecule has 0 atom stereocenters. The lowest BCUT2D eigenvalue weighted by atomic mass is 9.86. The highest BCUT2D eigenvalue weighted by Gasteiger charge is 2.14.